The Morgan fingerprint density at radius 1 is 1.22 bits per heavy atom. The fraction of sp³-hybridized carbons (Fsp3) is 0.588. The number of guanidine groups is 1. The molecular weight excluding hydrogens is 292 g/mol. The first kappa shape index (κ1) is 19.1. The van der Waals surface area contributed by atoms with Crippen molar-refractivity contribution in [3.63, 3.8) is 0 Å². The second-order valence-corrected chi connectivity index (χ2v) is 6.09. The van der Waals surface area contributed by atoms with Gasteiger partial charge < -0.3 is 25.4 Å². The van der Waals surface area contributed by atoms with E-state index in [1.54, 1.807) is 14.2 Å². The Bertz CT molecular complexity index is 515. The molecule has 0 radical (unpaired) electrons. The van der Waals surface area contributed by atoms with Crippen molar-refractivity contribution >= 4 is 5.96 Å². The van der Waals surface area contributed by atoms with Crippen LogP contribution in [0.2, 0.25) is 0 Å². The third-order valence-corrected chi connectivity index (χ3v) is 3.52. The summed E-state index contributed by atoms with van der Waals surface area (Å²) < 4.78 is 10.7. The smallest absolute Gasteiger partial charge is 0.188 e. The molecule has 1 aromatic rings. The minimum atomic E-state index is 0.141. The van der Waals surface area contributed by atoms with Crippen LogP contribution in [0.3, 0.4) is 0 Å². The highest BCUT2D eigenvalue weighted by atomic mass is 16.5. The van der Waals surface area contributed by atoms with Gasteiger partial charge in [-0.15, -0.1) is 0 Å². The minimum Gasteiger partial charge on any atom is -0.493 e. The van der Waals surface area contributed by atoms with Crippen molar-refractivity contribution < 1.29 is 9.47 Å². The van der Waals surface area contributed by atoms with Crippen molar-refractivity contribution in [2.45, 2.75) is 19.9 Å². The molecule has 0 aliphatic carbocycles. The van der Waals surface area contributed by atoms with Crippen LogP contribution in [-0.2, 0) is 0 Å². The van der Waals surface area contributed by atoms with Gasteiger partial charge in [-0.25, -0.2) is 0 Å². The maximum Gasteiger partial charge on any atom is 0.188 e. The molecule has 3 N–H and O–H groups in total. The molecule has 23 heavy (non-hydrogen) atoms. The van der Waals surface area contributed by atoms with Crippen molar-refractivity contribution in [3.8, 4) is 11.5 Å². The Morgan fingerprint density at radius 3 is 2.39 bits per heavy atom. The third kappa shape index (κ3) is 5.98. The highest BCUT2D eigenvalue weighted by molar-refractivity contribution is 5.77. The molecule has 0 aliphatic rings. The largest absolute Gasteiger partial charge is 0.493 e. The van der Waals surface area contributed by atoms with Gasteiger partial charge in [0.05, 0.1) is 20.3 Å². The van der Waals surface area contributed by atoms with E-state index in [-0.39, 0.29) is 6.04 Å². The minimum absolute atomic E-state index is 0.141. The summed E-state index contributed by atoms with van der Waals surface area (Å²) in [6.45, 7) is 5.61. The highest BCUT2D eigenvalue weighted by Gasteiger charge is 2.16. The van der Waals surface area contributed by atoms with Crippen LogP contribution < -0.4 is 20.5 Å². The fourth-order valence-electron chi connectivity index (χ4n) is 2.20. The van der Waals surface area contributed by atoms with Crippen molar-refractivity contribution in [2.75, 3.05) is 41.4 Å². The molecule has 0 saturated carbocycles. The van der Waals surface area contributed by atoms with E-state index in [4.69, 9.17) is 15.2 Å². The molecule has 0 spiro atoms. The van der Waals surface area contributed by atoms with E-state index in [2.05, 4.69) is 29.1 Å². The highest BCUT2D eigenvalue weighted by Crippen LogP contribution is 2.31. The summed E-state index contributed by atoms with van der Waals surface area (Å²) in [5.74, 6) is 2.41. The number of nitrogens with one attached hydrogen (secondary N) is 1. The van der Waals surface area contributed by atoms with E-state index in [1.807, 2.05) is 32.3 Å². The van der Waals surface area contributed by atoms with Gasteiger partial charge in [0.2, 0.25) is 0 Å². The summed E-state index contributed by atoms with van der Waals surface area (Å²) in [6.07, 6.45) is 0. The third-order valence-electron chi connectivity index (χ3n) is 3.52. The molecule has 1 rings (SSSR count). The average molecular weight is 322 g/mol. The normalized spacial score (nSPS) is 13.3. The standard InChI is InChI=1S/C17H30N4O2/c1-12(2)10-19-17(18)20-11-14(21(3)4)13-7-8-15(22-5)16(9-13)23-6/h7-9,12,14H,10-11H2,1-6H3,(H3,18,19,20). The lowest BCUT2D eigenvalue weighted by Crippen LogP contribution is -2.38. The van der Waals surface area contributed by atoms with Crippen molar-refractivity contribution in [1.29, 1.82) is 0 Å². The quantitative estimate of drug-likeness (QED) is 0.565. The Kier molecular flexibility index (Phi) is 7.68. The lowest BCUT2D eigenvalue weighted by Gasteiger charge is -2.26. The lowest BCUT2D eigenvalue weighted by atomic mass is 10.1. The van der Waals surface area contributed by atoms with Crippen LogP contribution in [0.25, 0.3) is 0 Å². The summed E-state index contributed by atoms with van der Waals surface area (Å²) in [5.41, 5.74) is 7.05. The molecule has 0 amide bonds. The van der Waals surface area contributed by atoms with Gasteiger partial charge in [-0.2, -0.15) is 0 Å². The summed E-state index contributed by atoms with van der Waals surface area (Å²) in [6, 6.07) is 6.09. The van der Waals surface area contributed by atoms with E-state index < -0.39 is 0 Å². The first-order valence-corrected chi connectivity index (χ1v) is 7.81. The van der Waals surface area contributed by atoms with Crippen LogP contribution in [0.5, 0.6) is 11.5 Å². The van der Waals surface area contributed by atoms with Gasteiger partial charge in [0.1, 0.15) is 0 Å². The molecule has 6 nitrogen and oxygen atoms in total. The number of nitrogens with two attached hydrogens (primary N) is 1. The number of aliphatic imine (C=N–C) groups is 1. The molecule has 1 aromatic carbocycles. The number of likely N-dealkylation sites (N-methyl/N-ethyl adjacent to an activating group) is 1. The van der Waals surface area contributed by atoms with Crippen molar-refractivity contribution in [1.82, 2.24) is 10.2 Å². The summed E-state index contributed by atoms with van der Waals surface area (Å²) in [4.78, 5) is 6.46. The van der Waals surface area contributed by atoms with E-state index in [0.29, 0.717) is 18.4 Å². The number of hydrogen-bond acceptors (Lipinski definition) is 4. The SMILES string of the molecule is COc1ccc(C(CNC(N)=NCC(C)C)N(C)C)cc1OC. The molecular formula is C17H30N4O2. The van der Waals surface area contributed by atoms with Crippen LogP contribution in [-0.4, -0.2) is 52.3 Å². The van der Waals surface area contributed by atoms with Gasteiger partial charge in [-0.1, -0.05) is 19.9 Å². The Labute approximate surface area is 139 Å². The lowest BCUT2D eigenvalue weighted by molar-refractivity contribution is 0.296. The van der Waals surface area contributed by atoms with Crippen LogP contribution >= 0.6 is 0 Å². The summed E-state index contributed by atoms with van der Waals surface area (Å²) in [5, 5.41) is 3.20. The summed E-state index contributed by atoms with van der Waals surface area (Å²) >= 11 is 0. The number of nitrogens with zero attached hydrogens (tertiary/aromatic N) is 2. The second kappa shape index (κ2) is 9.25. The zero-order valence-electron chi connectivity index (χ0n) is 15.1. The zero-order chi connectivity index (χ0) is 17.4. The maximum atomic E-state index is 5.93. The van der Waals surface area contributed by atoms with E-state index in [9.17, 15) is 0 Å². The van der Waals surface area contributed by atoms with Crippen molar-refractivity contribution in [2.24, 2.45) is 16.6 Å². The Balaban J connectivity index is 2.85. The molecule has 0 aliphatic heterocycles. The van der Waals surface area contributed by atoms with E-state index in [0.717, 1.165) is 23.6 Å². The first-order chi connectivity index (χ1) is 10.9. The van der Waals surface area contributed by atoms with Gasteiger partial charge in [0.15, 0.2) is 17.5 Å². The number of ether oxygens (including phenoxy) is 2. The predicted octanol–water partition coefficient (Wildman–Crippen LogP) is 1.87. The Morgan fingerprint density at radius 2 is 1.87 bits per heavy atom. The number of methoxy groups -OCH3 is 2. The first-order valence-electron chi connectivity index (χ1n) is 7.81. The van der Waals surface area contributed by atoms with Crippen LogP contribution in [0.4, 0.5) is 0 Å². The number of hydrogen-bond donors (Lipinski definition) is 2. The number of rotatable bonds is 8. The van der Waals surface area contributed by atoms with Gasteiger partial charge in [0.25, 0.3) is 0 Å². The molecule has 1 unspecified atom stereocenters. The topological polar surface area (TPSA) is 72.1 Å². The molecule has 0 fully saturated rings. The van der Waals surface area contributed by atoms with E-state index >= 15 is 0 Å². The molecule has 0 heterocycles. The van der Waals surface area contributed by atoms with Crippen LogP contribution in [0, 0.1) is 5.92 Å². The molecule has 6 heteroatoms. The van der Waals surface area contributed by atoms with Crippen LogP contribution in [0.15, 0.2) is 23.2 Å². The summed E-state index contributed by atoms with van der Waals surface area (Å²) in [7, 11) is 7.34. The maximum absolute atomic E-state index is 5.93. The molecule has 0 aromatic heterocycles. The number of benzene rings is 1. The molecule has 130 valence electrons. The Hall–Kier alpha value is -1.95. The predicted molar refractivity (Wildman–Crippen MR) is 95.3 cm³/mol. The van der Waals surface area contributed by atoms with Gasteiger partial charge in [-0.05, 0) is 37.7 Å². The molecule has 0 bridgehead atoms. The second-order valence-electron chi connectivity index (χ2n) is 6.09. The van der Waals surface area contributed by atoms with Crippen molar-refractivity contribution in [3.05, 3.63) is 23.8 Å². The van der Waals surface area contributed by atoms with Gasteiger partial charge >= 0.3 is 0 Å². The zero-order valence-corrected chi connectivity index (χ0v) is 15.1. The molecule has 1 atom stereocenters. The van der Waals surface area contributed by atoms with Gasteiger partial charge in [0, 0.05) is 13.1 Å². The van der Waals surface area contributed by atoms with Gasteiger partial charge in [-0.3, -0.25) is 4.99 Å². The fourth-order valence-corrected chi connectivity index (χ4v) is 2.20. The van der Waals surface area contributed by atoms with Crippen LogP contribution in [0.1, 0.15) is 25.5 Å². The van der Waals surface area contributed by atoms with E-state index in [1.165, 1.54) is 0 Å². The monoisotopic (exact) mass is 322 g/mol. The average Bonchev–Trinajstić information content (AvgIpc) is 2.52. The molecule has 0 saturated heterocycles.